The van der Waals surface area contributed by atoms with Crippen molar-refractivity contribution in [3.05, 3.63) is 59.1 Å². The lowest BCUT2D eigenvalue weighted by molar-refractivity contribution is -0.111. The molecule has 0 heterocycles. The number of nitrogens with one attached hydrogen (secondary N) is 1. The van der Waals surface area contributed by atoms with E-state index in [9.17, 15) is 4.79 Å². The molecule has 5 heteroatoms. The third-order valence-corrected chi connectivity index (χ3v) is 3.05. The van der Waals surface area contributed by atoms with E-state index in [-0.39, 0.29) is 5.91 Å². The summed E-state index contributed by atoms with van der Waals surface area (Å²) >= 11 is 5.80. The van der Waals surface area contributed by atoms with Gasteiger partial charge in [-0.15, -0.1) is 0 Å². The SMILES string of the molecule is COc1cc(NC(=O)C=Cc2ccc(Cl)cc2)ccc1N. The van der Waals surface area contributed by atoms with E-state index in [1.54, 1.807) is 36.4 Å². The molecule has 0 radical (unpaired) electrons. The highest BCUT2D eigenvalue weighted by atomic mass is 35.5. The zero-order valence-electron chi connectivity index (χ0n) is 11.5. The standard InChI is InChI=1S/C16H15ClN2O2/c1-21-15-10-13(7-8-14(15)18)19-16(20)9-4-11-2-5-12(17)6-3-11/h2-10H,18H2,1H3,(H,19,20). The first-order valence-electron chi connectivity index (χ1n) is 6.26. The van der Waals surface area contributed by atoms with E-state index < -0.39 is 0 Å². The Hall–Kier alpha value is -2.46. The predicted octanol–water partition coefficient (Wildman–Crippen LogP) is 3.58. The molecule has 21 heavy (non-hydrogen) atoms. The number of anilines is 2. The average Bonchev–Trinajstić information content (AvgIpc) is 2.48. The van der Waals surface area contributed by atoms with Crippen LogP contribution in [-0.2, 0) is 4.79 Å². The number of carbonyl (C=O) groups is 1. The third kappa shape index (κ3) is 4.26. The highest BCUT2D eigenvalue weighted by Gasteiger charge is 2.03. The fourth-order valence-corrected chi connectivity index (χ4v) is 1.84. The molecular formula is C16H15ClN2O2. The summed E-state index contributed by atoms with van der Waals surface area (Å²) in [4.78, 5) is 11.8. The van der Waals surface area contributed by atoms with Gasteiger partial charge >= 0.3 is 0 Å². The van der Waals surface area contributed by atoms with E-state index in [4.69, 9.17) is 22.1 Å². The summed E-state index contributed by atoms with van der Waals surface area (Å²) in [5.41, 5.74) is 7.75. The maximum atomic E-state index is 11.8. The fraction of sp³-hybridized carbons (Fsp3) is 0.0625. The molecule has 0 saturated carbocycles. The molecule has 0 aliphatic carbocycles. The van der Waals surface area contributed by atoms with E-state index in [2.05, 4.69) is 5.32 Å². The zero-order chi connectivity index (χ0) is 15.2. The Balaban J connectivity index is 2.03. The van der Waals surface area contributed by atoms with Gasteiger partial charge in [0.2, 0.25) is 5.91 Å². The molecule has 0 fully saturated rings. The molecule has 0 bridgehead atoms. The number of amides is 1. The molecule has 0 aliphatic rings. The maximum Gasteiger partial charge on any atom is 0.248 e. The Bertz CT molecular complexity index is 666. The van der Waals surface area contributed by atoms with Gasteiger partial charge < -0.3 is 15.8 Å². The van der Waals surface area contributed by atoms with Crippen molar-refractivity contribution in [3.63, 3.8) is 0 Å². The number of nitrogens with two attached hydrogens (primary N) is 1. The molecule has 0 atom stereocenters. The van der Waals surface area contributed by atoms with Gasteiger partial charge in [-0.2, -0.15) is 0 Å². The van der Waals surface area contributed by atoms with Crippen molar-refractivity contribution in [2.45, 2.75) is 0 Å². The van der Waals surface area contributed by atoms with Crippen LogP contribution in [0.4, 0.5) is 11.4 Å². The van der Waals surface area contributed by atoms with Gasteiger partial charge in [-0.25, -0.2) is 0 Å². The summed E-state index contributed by atoms with van der Waals surface area (Å²) < 4.78 is 5.10. The van der Waals surface area contributed by atoms with Crippen LogP contribution in [0.25, 0.3) is 6.08 Å². The Morgan fingerprint density at radius 2 is 1.95 bits per heavy atom. The van der Waals surface area contributed by atoms with E-state index >= 15 is 0 Å². The molecule has 108 valence electrons. The second-order valence-corrected chi connectivity index (χ2v) is 4.77. The van der Waals surface area contributed by atoms with E-state index in [0.29, 0.717) is 22.1 Å². The third-order valence-electron chi connectivity index (χ3n) is 2.80. The monoisotopic (exact) mass is 302 g/mol. The number of carbonyl (C=O) groups excluding carboxylic acids is 1. The summed E-state index contributed by atoms with van der Waals surface area (Å²) in [6, 6.07) is 12.3. The van der Waals surface area contributed by atoms with E-state index in [1.807, 2.05) is 12.1 Å². The van der Waals surface area contributed by atoms with Crippen molar-refractivity contribution in [2.24, 2.45) is 0 Å². The normalized spacial score (nSPS) is 10.6. The van der Waals surface area contributed by atoms with Crippen LogP contribution >= 0.6 is 11.6 Å². The Morgan fingerprint density at radius 3 is 2.62 bits per heavy atom. The van der Waals surface area contributed by atoms with Gasteiger partial charge in [-0.1, -0.05) is 23.7 Å². The van der Waals surface area contributed by atoms with Gasteiger partial charge in [0.1, 0.15) is 5.75 Å². The van der Waals surface area contributed by atoms with Crippen LogP contribution in [0.1, 0.15) is 5.56 Å². The fourth-order valence-electron chi connectivity index (χ4n) is 1.72. The first-order chi connectivity index (χ1) is 10.1. The molecule has 2 aromatic rings. The van der Waals surface area contributed by atoms with Crippen molar-refractivity contribution < 1.29 is 9.53 Å². The lowest BCUT2D eigenvalue weighted by Gasteiger charge is -2.07. The van der Waals surface area contributed by atoms with Gasteiger partial charge in [0.25, 0.3) is 0 Å². The molecule has 0 unspecified atom stereocenters. The first-order valence-corrected chi connectivity index (χ1v) is 6.64. The molecule has 0 saturated heterocycles. The number of methoxy groups -OCH3 is 1. The largest absolute Gasteiger partial charge is 0.495 e. The molecule has 0 spiro atoms. The van der Waals surface area contributed by atoms with Crippen LogP contribution < -0.4 is 15.8 Å². The molecule has 0 aliphatic heterocycles. The van der Waals surface area contributed by atoms with Crippen LogP contribution in [0, 0.1) is 0 Å². The van der Waals surface area contributed by atoms with Gasteiger partial charge in [-0.05, 0) is 35.9 Å². The Morgan fingerprint density at radius 1 is 1.24 bits per heavy atom. The smallest absolute Gasteiger partial charge is 0.248 e. The zero-order valence-corrected chi connectivity index (χ0v) is 12.2. The van der Waals surface area contributed by atoms with Crippen molar-refractivity contribution in [1.82, 2.24) is 0 Å². The molecule has 4 nitrogen and oxygen atoms in total. The Labute approximate surface area is 128 Å². The number of hydrogen-bond acceptors (Lipinski definition) is 3. The minimum absolute atomic E-state index is 0.239. The van der Waals surface area contributed by atoms with Gasteiger partial charge in [-0.3, -0.25) is 4.79 Å². The number of halogens is 1. The second kappa shape index (κ2) is 6.81. The minimum atomic E-state index is -0.239. The van der Waals surface area contributed by atoms with Crippen LogP contribution in [0.2, 0.25) is 5.02 Å². The predicted molar refractivity (Wildman–Crippen MR) is 86.5 cm³/mol. The summed E-state index contributed by atoms with van der Waals surface area (Å²) in [5.74, 6) is 0.284. The van der Waals surface area contributed by atoms with E-state index in [0.717, 1.165) is 5.56 Å². The van der Waals surface area contributed by atoms with Crippen molar-refractivity contribution in [3.8, 4) is 5.75 Å². The first kappa shape index (κ1) is 14.9. The number of rotatable bonds is 4. The number of benzene rings is 2. The van der Waals surface area contributed by atoms with Crippen molar-refractivity contribution in [2.75, 3.05) is 18.2 Å². The summed E-state index contributed by atoms with van der Waals surface area (Å²) in [6.45, 7) is 0. The van der Waals surface area contributed by atoms with Crippen molar-refractivity contribution in [1.29, 1.82) is 0 Å². The Kier molecular flexibility index (Phi) is 4.85. The summed E-state index contributed by atoms with van der Waals surface area (Å²) in [7, 11) is 1.53. The van der Waals surface area contributed by atoms with Gasteiger partial charge in [0, 0.05) is 22.9 Å². The van der Waals surface area contributed by atoms with Crippen LogP contribution in [0.15, 0.2) is 48.5 Å². The molecule has 1 amide bonds. The molecule has 3 N–H and O–H groups in total. The summed E-state index contributed by atoms with van der Waals surface area (Å²) in [6.07, 6.45) is 3.16. The highest BCUT2D eigenvalue weighted by Crippen LogP contribution is 2.24. The highest BCUT2D eigenvalue weighted by molar-refractivity contribution is 6.30. The number of nitrogen functional groups attached to an aromatic ring is 1. The minimum Gasteiger partial charge on any atom is -0.495 e. The lowest BCUT2D eigenvalue weighted by Crippen LogP contribution is -2.08. The number of hydrogen-bond donors (Lipinski definition) is 2. The quantitative estimate of drug-likeness (QED) is 0.670. The van der Waals surface area contributed by atoms with Crippen LogP contribution in [0.3, 0.4) is 0 Å². The van der Waals surface area contributed by atoms with Gasteiger partial charge in [0.05, 0.1) is 12.8 Å². The topological polar surface area (TPSA) is 64.3 Å². The van der Waals surface area contributed by atoms with Crippen molar-refractivity contribution >= 4 is 35.0 Å². The van der Waals surface area contributed by atoms with Crippen LogP contribution in [0.5, 0.6) is 5.75 Å². The second-order valence-electron chi connectivity index (χ2n) is 4.33. The lowest BCUT2D eigenvalue weighted by atomic mass is 10.2. The van der Waals surface area contributed by atoms with Crippen LogP contribution in [-0.4, -0.2) is 13.0 Å². The molecule has 2 rings (SSSR count). The molecule has 2 aromatic carbocycles. The number of ether oxygens (including phenoxy) is 1. The van der Waals surface area contributed by atoms with Gasteiger partial charge in [0.15, 0.2) is 0 Å². The average molecular weight is 303 g/mol. The molecule has 0 aromatic heterocycles. The summed E-state index contributed by atoms with van der Waals surface area (Å²) in [5, 5.41) is 3.40. The molecular weight excluding hydrogens is 288 g/mol. The van der Waals surface area contributed by atoms with E-state index in [1.165, 1.54) is 13.2 Å². The maximum absolute atomic E-state index is 11.8.